The van der Waals surface area contributed by atoms with E-state index in [2.05, 4.69) is 40.5 Å². The van der Waals surface area contributed by atoms with Gasteiger partial charge in [0.25, 0.3) is 5.91 Å². The molecule has 1 fully saturated rings. The SMILES string of the molecule is CC.O=C(NC1CCN(CCCc2ccccc2)CC1)C1=COCCC1. The Labute approximate surface area is 158 Å². The molecule has 1 N–H and O–H groups in total. The number of likely N-dealkylation sites (tertiary alicyclic amines) is 1. The zero-order valence-electron chi connectivity index (χ0n) is 16.4. The number of piperidine rings is 1. The van der Waals surface area contributed by atoms with Crippen molar-refractivity contribution in [3.8, 4) is 0 Å². The fourth-order valence-corrected chi connectivity index (χ4v) is 3.46. The van der Waals surface area contributed by atoms with Crippen LogP contribution in [0.3, 0.4) is 0 Å². The molecule has 0 saturated carbocycles. The Balaban J connectivity index is 0.00000117. The van der Waals surface area contributed by atoms with E-state index in [0.29, 0.717) is 6.04 Å². The van der Waals surface area contributed by atoms with E-state index in [-0.39, 0.29) is 5.91 Å². The van der Waals surface area contributed by atoms with E-state index in [0.717, 1.165) is 63.9 Å². The number of benzene rings is 1. The molecule has 1 aromatic rings. The number of nitrogens with one attached hydrogen (secondary N) is 1. The maximum absolute atomic E-state index is 12.2. The predicted octanol–water partition coefficient (Wildman–Crippen LogP) is 3.92. The molecule has 0 bridgehead atoms. The average molecular weight is 359 g/mol. The summed E-state index contributed by atoms with van der Waals surface area (Å²) < 4.78 is 5.26. The highest BCUT2D eigenvalue weighted by Gasteiger charge is 2.22. The summed E-state index contributed by atoms with van der Waals surface area (Å²) in [6, 6.07) is 11.0. The first-order valence-electron chi connectivity index (χ1n) is 10.2. The summed E-state index contributed by atoms with van der Waals surface area (Å²) in [4.78, 5) is 14.7. The molecule has 2 heterocycles. The monoisotopic (exact) mass is 358 g/mol. The number of aryl methyl sites for hydroxylation is 1. The lowest BCUT2D eigenvalue weighted by atomic mass is 10.0. The fourth-order valence-electron chi connectivity index (χ4n) is 3.46. The van der Waals surface area contributed by atoms with Gasteiger partial charge in [-0.25, -0.2) is 0 Å². The maximum Gasteiger partial charge on any atom is 0.250 e. The van der Waals surface area contributed by atoms with Gasteiger partial charge in [0.2, 0.25) is 0 Å². The van der Waals surface area contributed by atoms with Crippen LogP contribution in [0.1, 0.15) is 51.5 Å². The van der Waals surface area contributed by atoms with Crippen LogP contribution in [0.2, 0.25) is 0 Å². The molecular formula is C22H34N2O2. The lowest BCUT2D eigenvalue weighted by Crippen LogP contribution is -2.45. The van der Waals surface area contributed by atoms with Gasteiger partial charge in [0.1, 0.15) is 0 Å². The minimum Gasteiger partial charge on any atom is -0.501 e. The number of nitrogens with zero attached hydrogens (tertiary/aromatic N) is 1. The van der Waals surface area contributed by atoms with Crippen LogP contribution in [0.4, 0.5) is 0 Å². The van der Waals surface area contributed by atoms with E-state index in [4.69, 9.17) is 4.74 Å². The van der Waals surface area contributed by atoms with Crippen LogP contribution < -0.4 is 5.32 Å². The molecule has 1 amide bonds. The van der Waals surface area contributed by atoms with Crippen LogP contribution in [-0.2, 0) is 16.0 Å². The average Bonchev–Trinajstić information content (AvgIpc) is 2.72. The Bertz CT molecular complexity index is 549. The molecule has 3 rings (SSSR count). The van der Waals surface area contributed by atoms with Crippen LogP contribution in [0, 0.1) is 0 Å². The first kappa shape index (κ1) is 20.5. The van der Waals surface area contributed by atoms with Crippen molar-refractivity contribution in [3.05, 3.63) is 47.7 Å². The summed E-state index contributed by atoms with van der Waals surface area (Å²) in [5, 5.41) is 3.18. The van der Waals surface area contributed by atoms with Crippen LogP contribution in [-0.4, -0.2) is 43.1 Å². The Morgan fingerprint density at radius 1 is 1.19 bits per heavy atom. The fraction of sp³-hybridized carbons (Fsp3) is 0.591. The van der Waals surface area contributed by atoms with Gasteiger partial charge in [0.05, 0.1) is 18.4 Å². The second-order valence-electron chi connectivity index (χ2n) is 6.80. The first-order chi connectivity index (χ1) is 12.8. The number of rotatable bonds is 6. The van der Waals surface area contributed by atoms with Crippen molar-refractivity contribution < 1.29 is 9.53 Å². The second kappa shape index (κ2) is 11.7. The molecule has 26 heavy (non-hydrogen) atoms. The van der Waals surface area contributed by atoms with Gasteiger partial charge in [-0.2, -0.15) is 0 Å². The van der Waals surface area contributed by atoms with Gasteiger partial charge in [-0.1, -0.05) is 44.2 Å². The second-order valence-corrected chi connectivity index (χ2v) is 6.80. The highest BCUT2D eigenvalue weighted by atomic mass is 16.5. The Hall–Kier alpha value is -1.81. The lowest BCUT2D eigenvalue weighted by molar-refractivity contribution is -0.119. The Morgan fingerprint density at radius 2 is 1.92 bits per heavy atom. The predicted molar refractivity (Wildman–Crippen MR) is 107 cm³/mol. The molecule has 0 aliphatic carbocycles. The van der Waals surface area contributed by atoms with E-state index in [1.807, 2.05) is 13.8 Å². The summed E-state index contributed by atoms with van der Waals surface area (Å²) in [5.41, 5.74) is 2.22. The zero-order chi connectivity index (χ0) is 18.6. The van der Waals surface area contributed by atoms with E-state index >= 15 is 0 Å². The number of amides is 1. The van der Waals surface area contributed by atoms with Gasteiger partial charge in [0, 0.05) is 19.1 Å². The van der Waals surface area contributed by atoms with Gasteiger partial charge in [-0.05, 0) is 50.6 Å². The Morgan fingerprint density at radius 3 is 2.58 bits per heavy atom. The molecular weight excluding hydrogens is 324 g/mol. The van der Waals surface area contributed by atoms with Gasteiger partial charge in [-0.3, -0.25) is 4.79 Å². The van der Waals surface area contributed by atoms with Crippen LogP contribution in [0.25, 0.3) is 0 Å². The number of carbonyl (C=O) groups excluding carboxylic acids is 1. The summed E-state index contributed by atoms with van der Waals surface area (Å²) in [6.07, 6.45) is 7.86. The number of ether oxygens (including phenoxy) is 1. The molecule has 0 unspecified atom stereocenters. The molecule has 2 aliphatic heterocycles. The standard InChI is InChI=1S/C20H28N2O2.C2H6/c23-20(18-9-5-15-24-16-18)21-19-10-13-22(14-11-19)12-4-8-17-6-2-1-3-7-17;1-2/h1-3,6-7,16,19H,4-5,8-15H2,(H,21,23);1-2H3. The van der Waals surface area contributed by atoms with Gasteiger partial charge < -0.3 is 15.0 Å². The van der Waals surface area contributed by atoms with Crippen molar-refractivity contribution in [3.63, 3.8) is 0 Å². The quantitative estimate of drug-likeness (QED) is 0.838. The third-order valence-corrected chi connectivity index (χ3v) is 4.93. The molecule has 0 spiro atoms. The van der Waals surface area contributed by atoms with Crippen LogP contribution in [0.5, 0.6) is 0 Å². The minimum absolute atomic E-state index is 0.0669. The molecule has 0 atom stereocenters. The van der Waals surface area contributed by atoms with Crippen molar-refractivity contribution in [1.82, 2.24) is 10.2 Å². The van der Waals surface area contributed by atoms with Crippen molar-refractivity contribution in [2.45, 2.75) is 58.4 Å². The van der Waals surface area contributed by atoms with Crippen LogP contribution >= 0.6 is 0 Å². The summed E-state index contributed by atoms with van der Waals surface area (Å²) in [5.74, 6) is 0.0669. The number of carbonyl (C=O) groups is 1. The van der Waals surface area contributed by atoms with Crippen molar-refractivity contribution >= 4 is 5.91 Å². The minimum atomic E-state index is 0.0669. The van der Waals surface area contributed by atoms with E-state index in [1.54, 1.807) is 6.26 Å². The highest BCUT2D eigenvalue weighted by Crippen LogP contribution is 2.15. The summed E-state index contributed by atoms with van der Waals surface area (Å²) in [7, 11) is 0. The molecule has 1 saturated heterocycles. The smallest absolute Gasteiger partial charge is 0.250 e. The molecule has 4 heteroatoms. The van der Waals surface area contributed by atoms with Crippen molar-refractivity contribution in [2.75, 3.05) is 26.2 Å². The maximum atomic E-state index is 12.2. The lowest BCUT2D eigenvalue weighted by Gasteiger charge is -2.32. The normalized spacial score (nSPS) is 18.2. The first-order valence-corrected chi connectivity index (χ1v) is 10.2. The van der Waals surface area contributed by atoms with E-state index in [9.17, 15) is 4.79 Å². The summed E-state index contributed by atoms with van der Waals surface area (Å²) in [6.45, 7) is 8.04. The summed E-state index contributed by atoms with van der Waals surface area (Å²) >= 11 is 0. The van der Waals surface area contributed by atoms with Crippen molar-refractivity contribution in [1.29, 1.82) is 0 Å². The Kier molecular flexibility index (Phi) is 9.26. The molecule has 144 valence electrons. The van der Waals surface area contributed by atoms with E-state index in [1.165, 1.54) is 12.0 Å². The van der Waals surface area contributed by atoms with Gasteiger partial charge in [0.15, 0.2) is 0 Å². The molecule has 0 aromatic heterocycles. The topological polar surface area (TPSA) is 41.6 Å². The largest absolute Gasteiger partial charge is 0.501 e. The van der Waals surface area contributed by atoms with Gasteiger partial charge >= 0.3 is 0 Å². The zero-order valence-corrected chi connectivity index (χ0v) is 16.4. The van der Waals surface area contributed by atoms with Gasteiger partial charge in [-0.15, -0.1) is 0 Å². The third-order valence-electron chi connectivity index (χ3n) is 4.93. The molecule has 1 aromatic carbocycles. The molecule has 2 aliphatic rings. The van der Waals surface area contributed by atoms with Crippen LogP contribution in [0.15, 0.2) is 42.2 Å². The van der Waals surface area contributed by atoms with E-state index < -0.39 is 0 Å². The number of hydrogen-bond acceptors (Lipinski definition) is 3. The third kappa shape index (κ3) is 6.83. The molecule has 4 nitrogen and oxygen atoms in total. The molecule has 0 radical (unpaired) electrons. The highest BCUT2D eigenvalue weighted by molar-refractivity contribution is 5.93. The van der Waals surface area contributed by atoms with Crippen molar-refractivity contribution in [2.24, 2.45) is 0 Å². The number of hydrogen-bond donors (Lipinski definition) is 1.